The molecule has 0 aliphatic carbocycles. The molecule has 1 saturated heterocycles. The van der Waals surface area contributed by atoms with Crippen LogP contribution in [0.1, 0.15) is 6.92 Å². The SMILES string of the molecule is CC1C(=O)OCCN1CC=CC(=O)Nc1ccc2ncnc(Nc3cccc(Br)c3)c2c1. The third-order valence-electron chi connectivity index (χ3n) is 5.11. The Kier molecular flexibility index (Phi) is 6.77. The molecule has 8 nitrogen and oxygen atoms in total. The summed E-state index contributed by atoms with van der Waals surface area (Å²) in [5, 5.41) is 6.95. The third-order valence-corrected chi connectivity index (χ3v) is 5.60. The molecule has 164 valence electrons. The number of carbonyl (C=O) groups excluding carboxylic acids is 2. The summed E-state index contributed by atoms with van der Waals surface area (Å²) in [6, 6.07) is 12.9. The molecule has 1 aromatic heterocycles. The van der Waals surface area contributed by atoms with Gasteiger partial charge in [-0.15, -0.1) is 0 Å². The van der Waals surface area contributed by atoms with Crippen LogP contribution in [0, 0.1) is 0 Å². The number of ether oxygens (including phenoxy) is 1. The smallest absolute Gasteiger partial charge is 0.323 e. The lowest BCUT2D eigenvalue weighted by Crippen LogP contribution is -2.47. The van der Waals surface area contributed by atoms with Gasteiger partial charge >= 0.3 is 5.97 Å². The topological polar surface area (TPSA) is 96.5 Å². The van der Waals surface area contributed by atoms with E-state index < -0.39 is 0 Å². The van der Waals surface area contributed by atoms with E-state index >= 15 is 0 Å². The zero-order valence-corrected chi connectivity index (χ0v) is 19.0. The summed E-state index contributed by atoms with van der Waals surface area (Å²) in [5.74, 6) is 0.153. The van der Waals surface area contributed by atoms with E-state index in [2.05, 4.69) is 36.5 Å². The highest BCUT2D eigenvalue weighted by atomic mass is 79.9. The second-order valence-electron chi connectivity index (χ2n) is 7.32. The zero-order valence-electron chi connectivity index (χ0n) is 17.4. The standard InChI is InChI=1S/C23H22BrN5O3/c1-15-23(31)32-11-10-29(15)9-3-6-21(30)27-18-7-8-20-19(13-18)22(26-14-25-20)28-17-5-2-4-16(24)12-17/h2-8,12-15H,9-11H2,1H3,(H,27,30)(H,25,26,28). The number of esters is 1. The molecular weight excluding hydrogens is 474 g/mol. The Labute approximate surface area is 193 Å². The van der Waals surface area contributed by atoms with Crippen molar-refractivity contribution >= 4 is 55.9 Å². The molecule has 0 saturated carbocycles. The Bertz CT molecular complexity index is 1180. The van der Waals surface area contributed by atoms with Gasteiger partial charge in [0.15, 0.2) is 0 Å². The lowest BCUT2D eigenvalue weighted by Gasteiger charge is -2.30. The second-order valence-corrected chi connectivity index (χ2v) is 8.24. The van der Waals surface area contributed by atoms with Gasteiger partial charge in [0.2, 0.25) is 5.91 Å². The number of amides is 1. The van der Waals surface area contributed by atoms with E-state index in [1.165, 1.54) is 12.4 Å². The summed E-state index contributed by atoms with van der Waals surface area (Å²) in [6.07, 6.45) is 4.72. The van der Waals surface area contributed by atoms with E-state index in [-0.39, 0.29) is 17.9 Å². The van der Waals surface area contributed by atoms with Gasteiger partial charge in [-0.05, 0) is 43.3 Å². The first-order valence-corrected chi connectivity index (χ1v) is 10.9. The minimum Gasteiger partial charge on any atom is -0.463 e. The van der Waals surface area contributed by atoms with Crippen molar-refractivity contribution in [2.24, 2.45) is 0 Å². The van der Waals surface area contributed by atoms with Crippen molar-refractivity contribution in [2.75, 3.05) is 30.3 Å². The molecule has 2 N–H and O–H groups in total. The van der Waals surface area contributed by atoms with Crippen LogP contribution in [0.15, 0.2) is 65.4 Å². The lowest BCUT2D eigenvalue weighted by atomic mass is 10.2. The van der Waals surface area contributed by atoms with Crippen LogP contribution < -0.4 is 10.6 Å². The van der Waals surface area contributed by atoms with Crippen LogP contribution >= 0.6 is 15.9 Å². The first kappa shape index (κ1) is 21.9. The summed E-state index contributed by atoms with van der Waals surface area (Å²) < 4.78 is 5.97. The maximum Gasteiger partial charge on any atom is 0.323 e. The van der Waals surface area contributed by atoms with E-state index in [4.69, 9.17) is 4.74 Å². The Morgan fingerprint density at radius 3 is 2.97 bits per heavy atom. The third kappa shape index (κ3) is 5.30. The number of hydrogen-bond acceptors (Lipinski definition) is 7. The largest absolute Gasteiger partial charge is 0.463 e. The molecular formula is C23H22BrN5O3. The molecule has 1 amide bonds. The summed E-state index contributed by atoms with van der Waals surface area (Å²) in [4.78, 5) is 34.6. The highest BCUT2D eigenvalue weighted by Gasteiger charge is 2.26. The molecule has 1 aliphatic heterocycles. The van der Waals surface area contributed by atoms with Crippen LogP contribution in [-0.4, -0.2) is 52.5 Å². The lowest BCUT2D eigenvalue weighted by molar-refractivity contribution is -0.155. The van der Waals surface area contributed by atoms with Gasteiger partial charge in [-0.25, -0.2) is 9.97 Å². The number of fused-ring (bicyclic) bond motifs is 1. The number of halogens is 1. The Balaban J connectivity index is 1.45. The molecule has 3 aromatic rings. The number of morpholine rings is 1. The Hall–Kier alpha value is -3.30. The first-order chi connectivity index (χ1) is 15.5. The van der Waals surface area contributed by atoms with Crippen LogP contribution in [0.2, 0.25) is 0 Å². The molecule has 9 heteroatoms. The van der Waals surface area contributed by atoms with E-state index in [0.717, 1.165) is 21.1 Å². The number of carbonyl (C=O) groups is 2. The number of aromatic nitrogens is 2. The zero-order chi connectivity index (χ0) is 22.5. The number of cyclic esters (lactones) is 1. The van der Waals surface area contributed by atoms with Gasteiger partial charge in [0.25, 0.3) is 0 Å². The van der Waals surface area contributed by atoms with Gasteiger partial charge in [0, 0.05) is 40.4 Å². The molecule has 2 aromatic carbocycles. The fourth-order valence-corrected chi connectivity index (χ4v) is 3.79. The number of hydrogen-bond donors (Lipinski definition) is 2. The van der Waals surface area contributed by atoms with Crippen molar-refractivity contribution in [3.8, 4) is 0 Å². The summed E-state index contributed by atoms with van der Waals surface area (Å²) >= 11 is 3.46. The number of rotatable bonds is 6. The predicted molar refractivity (Wildman–Crippen MR) is 127 cm³/mol. The summed E-state index contributed by atoms with van der Waals surface area (Å²) in [7, 11) is 0. The van der Waals surface area contributed by atoms with Crippen molar-refractivity contribution < 1.29 is 14.3 Å². The molecule has 0 bridgehead atoms. The van der Waals surface area contributed by atoms with Gasteiger partial charge < -0.3 is 15.4 Å². The monoisotopic (exact) mass is 495 g/mol. The molecule has 32 heavy (non-hydrogen) atoms. The fraction of sp³-hybridized carbons (Fsp3) is 0.217. The quantitative estimate of drug-likeness (QED) is 0.395. The minimum absolute atomic E-state index is 0.236. The minimum atomic E-state index is -0.312. The van der Waals surface area contributed by atoms with Crippen LogP contribution in [0.4, 0.5) is 17.2 Å². The van der Waals surface area contributed by atoms with Crippen molar-refractivity contribution in [1.29, 1.82) is 0 Å². The van der Waals surface area contributed by atoms with Gasteiger partial charge in [-0.2, -0.15) is 0 Å². The summed E-state index contributed by atoms with van der Waals surface area (Å²) in [6.45, 7) is 3.32. The average Bonchev–Trinajstić information content (AvgIpc) is 2.77. The Morgan fingerprint density at radius 1 is 1.25 bits per heavy atom. The molecule has 1 atom stereocenters. The van der Waals surface area contributed by atoms with E-state index in [9.17, 15) is 9.59 Å². The van der Waals surface area contributed by atoms with Crippen molar-refractivity contribution in [1.82, 2.24) is 14.9 Å². The van der Waals surface area contributed by atoms with Crippen molar-refractivity contribution in [2.45, 2.75) is 13.0 Å². The number of benzene rings is 2. The van der Waals surface area contributed by atoms with Gasteiger partial charge in [0.05, 0.1) is 5.52 Å². The maximum atomic E-state index is 12.4. The number of nitrogens with zero attached hydrogens (tertiary/aromatic N) is 3. The molecule has 1 aliphatic rings. The van der Waals surface area contributed by atoms with Crippen LogP contribution in [-0.2, 0) is 14.3 Å². The van der Waals surface area contributed by atoms with Crippen molar-refractivity contribution in [3.63, 3.8) is 0 Å². The molecule has 1 fully saturated rings. The first-order valence-electron chi connectivity index (χ1n) is 10.1. The highest BCUT2D eigenvalue weighted by Crippen LogP contribution is 2.27. The summed E-state index contributed by atoms with van der Waals surface area (Å²) in [5.41, 5.74) is 2.28. The van der Waals surface area contributed by atoms with Crippen LogP contribution in [0.5, 0.6) is 0 Å². The van der Waals surface area contributed by atoms with Crippen LogP contribution in [0.3, 0.4) is 0 Å². The van der Waals surface area contributed by atoms with E-state index in [0.29, 0.717) is 31.2 Å². The molecule has 1 unspecified atom stereocenters. The second kappa shape index (κ2) is 9.88. The van der Waals surface area contributed by atoms with E-state index in [1.54, 1.807) is 19.1 Å². The Morgan fingerprint density at radius 2 is 2.12 bits per heavy atom. The molecule has 4 rings (SSSR count). The number of anilines is 3. The normalized spacial score (nSPS) is 16.8. The molecule has 0 radical (unpaired) electrons. The van der Waals surface area contributed by atoms with Crippen molar-refractivity contribution in [3.05, 3.63) is 65.4 Å². The highest BCUT2D eigenvalue weighted by molar-refractivity contribution is 9.10. The van der Waals surface area contributed by atoms with E-state index in [1.807, 2.05) is 41.3 Å². The predicted octanol–water partition coefficient (Wildman–Crippen LogP) is 3.88. The van der Waals surface area contributed by atoms with Gasteiger partial charge in [0.1, 0.15) is 24.8 Å². The number of nitrogens with one attached hydrogen (secondary N) is 2. The average molecular weight is 496 g/mol. The van der Waals surface area contributed by atoms with Gasteiger partial charge in [-0.1, -0.05) is 28.1 Å². The fourth-order valence-electron chi connectivity index (χ4n) is 3.39. The van der Waals surface area contributed by atoms with Gasteiger partial charge in [-0.3, -0.25) is 14.5 Å². The maximum absolute atomic E-state index is 12.4. The molecule has 2 heterocycles. The molecule has 0 spiro atoms. The van der Waals surface area contributed by atoms with Crippen LogP contribution in [0.25, 0.3) is 10.9 Å².